The fourth-order valence-electron chi connectivity index (χ4n) is 4.22. The first-order chi connectivity index (χ1) is 14.9. The second-order valence-electron chi connectivity index (χ2n) is 8.82. The number of ether oxygens (including phenoxy) is 2. The van der Waals surface area contributed by atoms with Gasteiger partial charge in [-0.25, -0.2) is 5.01 Å². The molecule has 158 valence electrons. The zero-order chi connectivity index (χ0) is 21.8. The monoisotopic (exact) mass is 417 g/mol. The quantitative estimate of drug-likeness (QED) is 0.828. The predicted octanol–water partition coefficient (Wildman–Crippen LogP) is 3.14. The lowest BCUT2D eigenvalue weighted by molar-refractivity contribution is -0.135. The molecule has 2 aromatic rings. The SMILES string of the molecule is CC1(C)Oc2ccc(C#N)cc2[C@@H](OC2=NN(Cc3ccccc3)C(=O)C3CC23)[C@H]1O. The van der Waals surface area contributed by atoms with Crippen molar-refractivity contribution in [3.63, 3.8) is 0 Å². The van der Waals surface area contributed by atoms with Gasteiger partial charge in [0.05, 0.1) is 24.1 Å². The molecule has 0 saturated heterocycles. The molecule has 1 N–H and O–H groups in total. The van der Waals surface area contributed by atoms with Gasteiger partial charge in [-0.15, -0.1) is 5.10 Å². The molecular formula is C24H23N3O4. The van der Waals surface area contributed by atoms with Gasteiger partial charge in [-0.05, 0) is 44.0 Å². The third-order valence-electron chi connectivity index (χ3n) is 6.14. The number of aliphatic hydroxyl groups is 1. The van der Waals surface area contributed by atoms with Gasteiger partial charge in [-0.1, -0.05) is 30.3 Å². The molecule has 5 rings (SSSR count). The van der Waals surface area contributed by atoms with Crippen molar-refractivity contribution >= 4 is 11.8 Å². The third kappa shape index (κ3) is 3.43. The summed E-state index contributed by atoms with van der Waals surface area (Å²) in [4.78, 5) is 12.7. The fourth-order valence-corrected chi connectivity index (χ4v) is 4.22. The third-order valence-corrected chi connectivity index (χ3v) is 6.14. The van der Waals surface area contributed by atoms with E-state index in [-0.39, 0.29) is 17.7 Å². The van der Waals surface area contributed by atoms with Crippen LogP contribution in [0.5, 0.6) is 5.75 Å². The number of nitriles is 1. The van der Waals surface area contributed by atoms with Gasteiger partial charge >= 0.3 is 0 Å². The fraction of sp³-hybridized carbons (Fsp3) is 0.375. The van der Waals surface area contributed by atoms with E-state index in [2.05, 4.69) is 11.2 Å². The van der Waals surface area contributed by atoms with Crippen LogP contribution in [-0.4, -0.2) is 33.6 Å². The summed E-state index contributed by atoms with van der Waals surface area (Å²) in [6, 6.07) is 16.9. The van der Waals surface area contributed by atoms with Gasteiger partial charge in [-0.3, -0.25) is 4.79 Å². The predicted molar refractivity (Wildman–Crippen MR) is 112 cm³/mol. The van der Waals surface area contributed by atoms with E-state index in [9.17, 15) is 15.2 Å². The number of benzene rings is 2. The van der Waals surface area contributed by atoms with Crippen LogP contribution in [0.4, 0.5) is 0 Å². The number of hydrazone groups is 1. The summed E-state index contributed by atoms with van der Waals surface area (Å²) < 4.78 is 12.3. The van der Waals surface area contributed by atoms with Crippen molar-refractivity contribution in [3.05, 3.63) is 65.2 Å². The molecule has 0 spiro atoms. The molecular weight excluding hydrogens is 394 g/mol. The van der Waals surface area contributed by atoms with Crippen LogP contribution < -0.4 is 4.74 Å². The second-order valence-corrected chi connectivity index (χ2v) is 8.82. The summed E-state index contributed by atoms with van der Waals surface area (Å²) in [5.74, 6) is 0.823. The molecule has 2 unspecified atom stereocenters. The van der Waals surface area contributed by atoms with Crippen LogP contribution in [0.25, 0.3) is 0 Å². The Balaban J connectivity index is 1.47. The van der Waals surface area contributed by atoms with Gasteiger partial charge < -0.3 is 14.6 Å². The minimum absolute atomic E-state index is 0.00113. The Hall–Kier alpha value is -3.37. The first kappa shape index (κ1) is 19.6. The number of carbonyl (C=O) groups excluding carboxylic acids is 1. The molecule has 31 heavy (non-hydrogen) atoms. The Kier molecular flexibility index (Phi) is 4.49. The van der Waals surface area contributed by atoms with Crippen molar-refractivity contribution < 1.29 is 19.4 Å². The van der Waals surface area contributed by atoms with Crippen molar-refractivity contribution in [2.75, 3.05) is 0 Å². The van der Waals surface area contributed by atoms with Gasteiger partial charge in [0.1, 0.15) is 17.5 Å². The topological polar surface area (TPSA) is 95.2 Å². The van der Waals surface area contributed by atoms with Gasteiger partial charge in [0.25, 0.3) is 0 Å². The van der Waals surface area contributed by atoms with Gasteiger partial charge in [-0.2, -0.15) is 5.26 Å². The molecule has 2 aliphatic heterocycles. The van der Waals surface area contributed by atoms with Crippen LogP contribution >= 0.6 is 0 Å². The smallest absolute Gasteiger partial charge is 0.247 e. The lowest BCUT2D eigenvalue weighted by Crippen LogP contribution is -2.50. The molecule has 1 aliphatic carbocycles. The molecule has 2 heterocycles. The van der Waals surface area contributed by atoms with E-state index < -0.39 is 17.8 Å². The summed E-state index contributed by atoms with van der Waals surface area (Å²) in [5.41, 5.74) is 1.16. The van der Waals surface area contributed by atoms with E-state index in [1.807, 2.05) is 30.3 Å². The highest BCUT2D eigenvalue weighted by Gasteiger charge is 2.55. The summed E-state index contributed by atoms with van der Waals surface area (Å²) in [6.45, 7) is 3.96. The first-order valence-electron chi connectivity index (χ1n) is 10.4. The van der Waals surface area contributed by atoms with Crippen LogP contribution in [0, 0.1) is 23.2 Å². The number of hydrogen-bond acceptors (Lipinski definition) is 6. The van der Waals surface area contributed by atoms with Crippen LogP contribution in [0.1, 0.15) is 43.1 Å². The second kappa shape index (κ2) is 7.10. The molecule has 2 aromatic carbocycles. The standard InChI is InChI=1S/C24H23N3O4/c1-24(2)21(28)20(18-10-15(12-25)8-9-19(18)31-24)30-22-16-11-17(16)23(29)27(26-22)13-14-6-4-3-5-7-14/h3-10,16-17,20-21,28H,11,13H2,1-2H3/t16?,17?,20-,21-/m1/s1. The van der Waals surface area contributed by atoms with E-state index in [0.29, 0.717) is 35.7 Å². The summed E-state index contributed by atoms with van der Waals surface area (Å²) >= 11 is 0. The molecule has 0 aromatic heterocycles. The maximum absolute atomic E-state index is 12.7. The number of hydrogen-bond donors (Lipinski definition) is 1. The maximum Gasteiger partial charge on any atom is 0.247 e. The van der Waals surface area contributed by atoms with Crippen LogP contribution in [0.3, 0.4) is 0 Å². The number of aliphatic hydroxyl groups excluding tert-OH is 1. The Morgan fingerprint density at radius 3 is 2.77 bits per heavy atom. The first-order valence-corrected chi connectivity index (χ1v) is 10.4. The summed E-state index contributed by atoms with van der Waals surface area (Å²) in [7, 11) is 0. The molecule has 7 nitrogen and oxygen atoms in total. The molecule has 0 radical (unpaired) electrons. The van der Waals surface area contributed by atoms with E-state index in [1.165, 1.54) is 5.01 Å². The number of nitrogens with zero attached hydrogens (tertiary/aromatic N) is 3. The molecule has 1 fully saturated rings. The highest BCUT2D eigenvalue weighted by Crippen LogP contribution is 2.48. The summed E-state index contributed by atoms with van der Waals surface area (Å²) in [6.07, 6.45) is -1.04. The Morgan fingerprint density at radius 1 is 1.26 bits per heavy atom. The maximum atomic E-state index is 12.7. The minimum Gasteiger partial charge on any atom is -0.485 e. The van der Waals surface area contributed by atoms with E-state index in [0.717, 1.165) is 5.56 Å². The highest BCUT2D eigenvalue weighted by atomic mass is 16.5. The average Bonchev–Trinajstić information content (AvgIpc) is 3.56. The normalized spacial score (nSPS) is 27.9. The number of rotatable bonds is 3. The molecule has 3 aliphatic rings. The van der Waals surface area contributed by atoms with E-state index in [4.69, 9.17) is 9.47 Å². The van der Waals surface area contributed by atoms with Crippen molar-refractivity contribution in [1.82, 2.24) is 5.01 Å². The molecule has 4 atom stereocenters. The van der Waals surface area contributed by atoms with Gasteiger partial charge in [0.15, 0.2) is 6.10 Å². The Morgan fingerprint density at radius 2 is 2.03 bits per heavy atom. The molecule has 7 heteroatoms. The van der Waals surface area contributed by atoms with Gasteiger partial charge in [0, 0.05) is 11.5 Å². The highest BCUT2D eigenvalue weighted by molar-refractivity contribution is 5.96. The van der Waals surface area contributed by atoms with Crippen molar-refractivity contribution in [3.8, 4) is 11.8 Å². The van der Waals surface area contributed by atoms with Gasteiger partial charge in [0.2, 0.25) is 11.8 Å². The Bertz CT molecular complexity index is 1110. The van der Waals surface area contributed by atoms with Crippen LogP contribution in [0.2, 0.25) is 0 Å². The number of amides is 1. The molecule has 1 saturated carbocycles. The van der Waals surface area contributed by atoms with E-state index in [1.54, 1.807) is 32.0 Å². The zero-order valence-electron chi connectivity index (χ0n) is 17.4. The average molecular weight is 417 g/mol. The summed E-state index contributed by atoms with van der Waals surface area (Å²) in [5, 5.41) is 26.3. The van der Waals surface area contributed by atoms with Crippen molar-refractivity contribution in [2.24, 2.45) is 16.9 Å². The zero-order valence-corrected chi connectivity index (χ0v) is 17.4. The lowest BCUT2D eigenvalue weighted by Gasteiger charge is -2.42. The number of carbonyl (C=O) groups is 1. The molecule has 1 amide bonds. The van der Waals surface area contributed by atoms with E-state index >= 15 is 0 Å². The molecule has 0 bridgehead atoms. The number of fused-ring (bicyclic) bond motifs is 2. The van der Waals surface area contributed by atoms with Crippen molar-refractivity contribution in [2.45, 2.75) is 44.6 Å². The largest absolute Gasteiger partial charge is 0.485 e. The van der Waals surface area contributed by atoms with Crippen LogP contribution in [-0.2, 0) is 16.1 Å². The van der Waals surface area contributed by atoms with Crippen molar-refractivity contribution in [1.29, 1.82) is 5.26 Å². The lowest BCUT2D eigenvalue weighted by atomic mass is 9.87. The Labute approximate surface area is 180 Å². The van der Waals surface area contributed by atoms with Crippen LogP contribution in [0.15, 0.2) is 53.6 Å². The minimum atomic E-state index is -0.978.